The molecule has 0 radical (unpaired) electrons. The second-order valence-corrected chi connectivity index (χ2v) is 9.81. The maximum atomic E-state index is 12.5. The van der Waals surface area contributed by atoms with Crippen molar-refractivity contribution >= 4 is 31.8 Å². The van der Waals surface area contributed by atoms with Crippen LogP contribution < -0.4 is 10.5 Å². The van der Waals surface area contributed by atoms with E-state index < -0.39 is 20.2 Å². The number of nitrogens with two attached hydrogens (primary N) is 1. The van der Waals surface area contributed by atoms with Gasteiger partial charge >= 0.3 is 0 Å². The molecule has 1 fully saturated rings. The van der Waals surface area contributed by atoms with E-state index in [9.17, 15) is 21.6 Å². The summed E-state index contributed by atoms with van der Waals surface area (Å²) in [6.45, 7) is 4.99. The standard InChI is InChI=1S/C16H26N4O5S2/c1-3-19(4-2)27(24,25)20-11-9-13(10-12-20)16(21)18-14-5-7-15(8-6-14)26(17,22)23/h5-8,13H,3-4,9-12H2,1-2H3,(H,18,21)(H2,17,22,23). The van der Waals surface area contributed by atoms with Crippen molar-refractivity contribution in [2.45, 2.75) is 31.6 Å². The van der Waals surface area contributed by atoms with Crippen LogP contribution in [0.4, 0.5) is 5.69 Å². The number of sulfonamides is 1. The second kappa shape index (κ2) is 8.65. The Morgan fingerprint density at radius 2 is 1.63 bits per heavy atom. The minimum atomic E-state index is -3.78. The van der Waals surface area contributed by atoms with Crippen molar-refractivity contribution in [3.63, 3.8) is 0 Å². The summed E-state index contributed by atoms with van der Waals surface area (Å²) >= 11 is 0. The number of carbonyl (C=O) groups excluding carboxylic acids is 1. The third-order valence-corrected chi connectivity index (χ3v) is 7.75. The molecule has 3 N–H and O–H groups in total. The van der Waals surface area contributed by atoms with Crippen LogP contribution in [0.25, 0.3) is 0 Å². The van der Waals surface area contributed by atoms with E-state index in [2.05, 4.69) is 5.32 Å². The molecule has 11 heteroatoms. The molecule has 0 aromatic heterocycles. The highest BCUT2D eigenvalue weighted by Gasteiger charge is 2.33. The molecule has 0 bridgehead atoms. The summed E-state index contributed by atoms with van der Waals surface area (Å²) in [5, 5.41) is 7.78. The normalized spacial score (nSPS) is 17.2. The van der Waals surface area contributed by atoms with Gasteiger partial charge in [-0.15, -0.1) is 0 Å². The lowest BCUT2D eigenvalue weighted by Crippen LogP contribution is -2.48. The maximum Gasteiger partial charge on any atom is 0.281 e. The number of piperidine rings is 1. The first-order chi connectivity index (χ1) is 12.6. The number of primary sulfonamides is 1. The fourth-order valence-electron chi connectivity index (χ4n) is 3.03. The van der Waals surface area contributed by atoms with Gasteiger partial charge in [-0.2, -0.15) is 17.0 Å². The van der Waals surface area contributed by atoms with Crippen LogP contribution in [-0.2, 0) is 25.0 Å². The number of hydrogen-bond acceptors (Lipinski definition) is 5. The van der Waals surface area contributed by atoms with Crippen LogP contribution in [0.3, 0.4) is 0 Å². The molecule has 0 spiro atoms. The van der Waals surface area contributed by atoms with Crippen molar-refractivity contribution < 1.29 is 21.6 Å². The molecule has 1 saturated heterocycles. The highest BCUT2D eigenvalue weighted by molar-refractivity contribution is 7.89. The van der Waals surface area contributed by atoms with Gasteiger partial charge in [-0.25, -0.2) is 13.6 Å². The lowest BCUT2D eigenvalue weighted by atomic mass is 9.97. The maximum absolute atomic E-state index is 12.5. The smallest absolute Gasteiger partial charge is 0.281 e. The predicted molar refractivity (Wildman–Crippen MR) is 103 cm³/mol. The highest BCUT2D eigenvalue weighted by atomic mass is 32.2. The summed E-state index contributed by atoms with van der Waals surface area (Å²) in [6.07, 6.45) is 0.864. The average molecular weight is 419 g/mol. The number of nitrogens with zero attached hydrogens (tertiary/aromatic N) is 2. The van der Waals surface area contributed by atoms with Crippen LogP contribution in [0, 0.1) is 5.92 Å². The quantitative estimate of drug-likeness (QED) is 0.669. The number of carbonyl (C=O) groups is 1. The zero-order valence-corrected chi connectivity index (χ0v) is 17.1. The Balaban J connectivity index is 1.95. The Morgan fingerprint density at radius 1 is 1.11 bits per heavy atom. The van der Waals surface area contributed by atoms with Crippen molar-refractivity contribution in [3.8, 4) is 0 Å². The van der Waals surface area contributed by atoms with Crippen LogP contribution in [0.1, 0.15) is 26.7 Å². The van der Waals surface area contributed by atoms with Crippen LogP contribution in [-0.4, -0.2) is 57.5 Å². The van der Waals surface area contributed by atoms with E-state index in [1.54, 1.807) is 13.8 Å². The molecule has 1 aliphatic heterocycles. The van der Waals surface area contributed by atoms with E-state index in [1.165, 1.54) is 32.9 Å². The Labute approximate surface area is 160 Å². The SMILES string of the molecule is CCN(CC)S(=O)(=O)N1CCC(C(=O)Nc2ccc(S(N)(=O)=O)cc2)CC1. The van der Waals surface area contributed by atoms with Gasteiger partial charge < -0.3 is 5.32 Å². The van der Waals surface area contributed by atoms with Gasteiger partial charge in [0.1, 0.15) is 0 Å². The van der Waals surface area contributed by atoms with E-state index in [4.69, 9.17) is 5.14 Å². The monoisotopic (exact) mass is 418 g/mol. The molecule has 0 unspecified atom stereocenters. The zero-order chi connectivity index (χ0) is 20.2. The molecule has 152 valence electrons. The van der Waals surface area contributed by atoms with Gasteiger partial charge in [0.25, 0.3) is 10.2 Å². The first kappa shape index (κ1) is 21.8. The molecule has 0 atom stereocenters. The van der Waals surface area contributed by atoms with Gasteiger partial charge in [-0.3, -0.25) is 4.79 Å². The van der Waals surface area contributed by atoms with E-state index in [0.29, 0.717) is 44.7 Å². The largest absolute Gasteiger partial charge is 0.326 e. The molecule has 1 heterocycles. The molecule has 1 amide bonds. The third kappa shape index (κ3) is 5.26. The van der Waals surface area contributed by atoms with Crippen LogP contribution >= 0.6 is 0 Å². The van der Waals surface area contributed by atoms with Gasteiger partial charge in [-0.1, -0.05) is 13.8 Å². The summed E-state index contributed by atoms with van der Waals surface area (Å²) in [6, 6.07) is 5.59. The fraction of sp³-hybridized carbons (Fsp3) is 0.562. The molecule has 27 heavy (non-hydrogen) atoms. The number of hydrogen-bond donors (Lipinski definition) is 2. The molecular formula is C16H26N4O5S2. The van der Waals surface area contributed by atoms with E-state index in [0.717, 1.165) is 0 Å². The fourth-order valence-corrected chi connectivity index (χ4v) is 5.20. The molecule has 1 aromatic carbocycles. The van der Waals surface area contributed by atoms with Gasteiger partial charge in [-0.05, 0) is 37.1 Å². The van der Waals surface area contributed by atoms with E-state index in [1.807, 2.05) is 0 Å². The van der Waals surface area contributed by atoms with Crippen LogP contribution in [0.2, 0.25) is 0 Å². The summed E-state index contributed by atoms with van der Waals surface area (Å²) in [4.78, 5) is 12.4. The van der Waals surface area contributed by atoms with E-state index >= 15 is 0 Å². The second-order valence-electron chi connectivity index (χ2n) is 6.32. The molecule has 0 aliphatic carbocycles. The van der Waals surface area contributed by atoms with Gasteiger partial charge in [0.15, 0.2) is 0 Å². The number of nitrogens with one attached hydrogen (secondary N) is 1. The average Bonchev–Trinajstić information content (AvgIpc) is 2.62. The molecule has 1 aliphatic rings. The number of amides is 1. The van der Waals surface area contributed by atoms with Gasteiger partial charge in [0.2, 0.25) is 15.9 Å². The van der Waals surface area contributed by atoms with Crippen molar-refractivity contribution in [1.29, 1.82) is 0 Å². The first-order valence-corrected chi connectivity index (χ1v) is 11.7. The van der Waals surface area contributed by atoms with Gasteiger partial charge in [0.05, 0.1) is 4.90 Å². The summed E-state index contributed by atoms with van der Waals surface area (Å²) < 4.78 is 50.4. The van der Waals surface area contributed by atoms with Crippen molar-refractivity contribution in [3.05, 3.63) is 24.3 Å². The van der Waals surface area contributed by atoms with Gasteiger partial charge in [0, 0.05) is 37.8 Å². The lowest BCUT2D eigenvalue weighted by Gasteiger charge is -2.33. The number of anilines is 1. The summed E-state index contributed by atoms with van der Waals surface area (Å²) in [7, 11) is -7.26. The molecule has 9 nitrogen and oxygen atoms in total. The number of benzene rings is 1. The Kier molecular flexibility index (Phi) is 6.98. The van der Waals surface area contributed by atoms with E-state index in [-0.39, 0.29) is 16.7 Å². The zero-order valence-electron chi connectivity index (χ0n) is 15.5. The van der Waals surface area contributed by atoms with Crippen LogP contribution in [0.15, 0.2) is 29.2 Å². The molecule has 2 rings (SSSR count). The predicted octanol–water partition coefficient (Wildman–Crippen LogP) is 0.571. The molecule has 1 aromatic rings. The van der Waals surface area contributed by atoms with Crippen molar-refractivity contribution in [2.24, 2.45) is 11.1 Å². The topological polar surface area (TPSA) is 130 Å². The Bertz CT molecular complexity index is 857. The van der Waals surface area contributed by atoms with Crippen molar-refractivity contribution in [2.75, 3.05) is 31.5 Å². The molecule has 0 saturated carbocycles. The minimum Gasteiger partial charge on any atom is -0.326 e. The highest BCUT2D eigenvalue weighted by Crippen LogP contribution is 2.23. The summed E-state index contributed by atoms with van der Waals surface area (Å²) in [5.41, 5.74) is 0.464. The Hall–Kier alpha value is -1.53. The van der Waals surface area contributed by atoms with Crippen LogP contribution in [0.5, 0.6) is 0 Å². The summed E-state index contributed by atoms with van der Waals surface area (Å²) in [5.74, 6) is -0.510. The number of rotatable bonds is 7. The molecular weight excluding hydrogens is 392 g/mol. The first-order valence-electron chi connectivity index (χ1n) is 8.78. The third-order valence-electron chi connectivity index (χ3n) is 4.63. The minimum absolute atomic E-state index is 0.0320. The Morgan fingerprint density at radius 3 is 2.07 bits per heavy atom. The van der Waals surface area contributed by atoms with Crippen molar-refractivity contribution in [1.82, 2.24) is 8.61 Å². The lowest BCUT2D eigenvalue weighted by molar-refractivity contribution is -0.120.